The van der Waals surface area contributed by atoms with Crippen molar-refractivity contribution in [2.24, 2.45) is 0 Å². The standard InChI is InChI=1S/C21H19N3O7/c1-2-20(26)28-7-3-4-8-29-21(27)13-5-6-14-15(9-13)23-24(22-14)16-10-18-19(11-17(16)25)31-12-30-18/h2,5-6,9-11,25H,1,3-4,7-8,12H2. The van der Waals surface area contributed by atoms with Crippen LogP contribution >= 0.6 is 0 Å². The van der Waals surface area contributed by atoms with Crippen LogP contribution in [0.2, 0.25) is 0 Å². The zero-order chi connectivity index (χ0) is 21.8. The molecule has 0 unspecified atom stereocenters. The maximum absolute atomic E-state index is 12.3. The molecule has 2 aromatic carbocycles. The number of phenolic OH excluding ortho intramolecular Hbond substituents is 1. The van der Waals surface area contributed by atoms with Gasteiger partial charge in [-0.15, -0.1) is 15.0 Å². The first-order valence-electron chi connectivity index (χ1n) is 9.51. The summed E-state index contributed by atoms with van der Waals surface area (Å²) in [6.07, 6.45) is 2.22. The Labute approximate surface area is 176 Å². The summed E-state index contributed by atoms with van der Waals surface area (Å²) in [5.74, 6) is -0.111. The fourth-order valence-corrected chi connectivity index (χ4v) is 2.91. The number of hydrogen-bond donors (Lipinski definition) is 1. The smallest absolute Gasteiger partial charge is 0.338 e. The molecular formula is C21H19N3O7. The zero-order valence-corrected chi connectivity index (χ0v) is 16.4. The predicted molar refractivity (Wildman–Crippen MR) is 107 cm³/mol. The molecule has 4 rings (SSSR count). The Morgan fingerprint density at radius 3 is 2.55 bits per heavy atom. The lowest BCUT2D eigenvalue weighted by Gasteiger charge is -2.05. The summed E-state index contributed by atoms with van der Waals surface area (Å²) >= 11 is 0. The number of esters is 2. The van der Waals surface area contributed by atoms with Gasteiger partial charge in [0.15, 0.2) is 11.5 Å². The highest BCUT2D eigenvalue weighted by atomic mass is 16.7. The Hall–Kier alpha value is -4.08. The van der Waals surface area contributed by atoms with Gasteiger partial charge in [0.05, 0.1) is 18.8 Å². The van der Waals surface area contributed by atoms with Crippen LogP contribution in [0, 0.1) is 0 Å². The molecule has 1 aromatic heterocycles. The van der Waals surface area contributed by atoms with Gasteiger partial charge in [-0.05, 0) is 31.0 Å². The van der Waals surface area contributed by atoms with Gasteiger partial charge in [-0.3, -0.25) is 0 Å². The Balaban J connectivity index is 1.40. The summed E-state index contributed by atoms with van der Waals surface area (Å²) in [6, 6.07) is 7.82. The summed E-state index contributed by atoms with van der Waals surface area (Å²) < 4.78 is 20.7. The number of rotatable bonds is 8. The summed E-state index contributed by atoms with van der Waals surface area (Å²) in [7, 11) is 0. The van der Waals surface area contributed by atoms with Gasteiger partial charge in [0.25, 0.3) is 0 Å². The van der Waals surface area contributed by atoms with Crippen molar-refractivity contribution in [3.8, 4) is 22.9 Å². The zero-order valence-electron chi connectivity index (χ0n) is 16.4. The summed E-state index contributed by atoms with van der Waals surface area (Å²) in [5.41, 5.74) is 1.65. The fourth-order valence-electron chi connectivity index (χ4n) is 2.91. The van der Waals surface area contributed by atoms with Crippen molar-refractivity contribution in [2.45, 2.75) is 12.8 Å². The highest BCUT2D eigenvalue weighted by Gasteiger charge is 2.20. The molecule has 0 saturated heterocycles. The quantitative estimate of drug-likeness (QED) is 0.329. The molecular weight excluding hydrogens is 406 g/mol. The van der Waals surface area contributed by atoms with Crippen molar-refractivity contribution in [3.63, 3.8) is 0 Å². The van der Waals surface area contributed by atoms with Crippen molar-refractivity contribution in [3.05, 3.63) is 48.6 Å². The normalized spacial score (nSPS) is 12.0. The maximum Gasteiger partial charge on any atom is 0.338 e. The van der Waals surface area contributed by atoms with Crippen molar-refractivity contribution >= 4 is 23.0 Å². The summed E-state index contributed by atoms with van der Waals surface area (Å²) in [6.45, 7) is 3.83. The first kappa shape index (κ1) is 20.2. The first-order valence-corrected chi connectivity index (χ1v) is 9.51. The molecule has 1 aliphatic heterocycles. The molecule has 0 atom stereocenters. The van der Waals surface area contributed by atoms with E-state index in [1.165, 1.54) is 10.9 Å². The molecule has 1 aliphatic rings. The molecule has 3 aromatic rings. The van der Waals surface area contributed by atoms with E-state index in [1.54, 1.807) is 24.3 Å². The van der Waals surface area contributed by atoms with E-state index >= 15 is 0 Å². The molecule has 1 N–H and O–H groups in total. The number of benzene rings is 2. The lowest BCUT2D eigenvalue weighted by atomic mass is 10.2. The number of aromatic hydroxyl groups is 1. The maximum atomic E-state index is 12.3. The van der Waals surface area contributed by atoms with Crippen LogP contribution < -0.4 is 9.47 Å². The number of aromatic nitrogens is 3. The third-order valence-corrected chi connectivity index (χ3v) is 4.48. The van der Waals surface area contributed by atoms with Crippen LogP contribution in [0.5, 0.6) is 17.2 Å². The van der Waals surface area contributed by atoms with Gasteiger partial charge in [0.2, 0.25) is 6.79 Å². The van der Waals surface area contributed by atoms with Crippen molar-refractivity contribution in [2.75, 3.05) is 20.0 Å². The Kier molecular flexibility index (Phi) is 5.69. The van der Waals surface area contributed by atoms with Crippen LogP contribution in [0.25, 0.3) is 16.7 Å². The van der Waals surface area contributed by atoms with Crippen LogP contribution in [-0.4, -0.2) is 52.0 Å². The second-order valence-electron chi connectivity index (χ2n) is 6.60. The number of nitrogens with zero attached hydrogens (tertiary/aromatic N) is 3. The number of hydrogen-bond acceptors (Lipinski definition) is 9. The minimum absolute atomic E-state index is 0.0667. The van der Waals surface area contributed by atoms with E-state index < -0.39 is 11.9 Å². The number of carbonyl (C=O) groups excluding carboxylic acids is 2. The molecule has 0 amide bonds. The van der Waals surface area contributed by atoms with Gasteiger partial charge in [0.1, 0.15) is 22.5 Å². The Morgan fingerprint density at radius 2 is 1.77 bits per heavy atom. The lowest BCUT2D eigenvalue weighted by molar-refractivity contribution is -0.137. The highest BCUT2D eigenvalue weighted by Crippen LogP contribution is 2.39. The fraction of sp³-hybridized carbons (Fsp3) is 0.238. The minimum Gasteiger partial charge on any atom is -0.505 e. The van der Waals surface area contributed by atoms with Crippen LogP contribution in [0.1, 0.15) is 23.2 Å². The predicted octanol–water partition coefficient (Wildman–Crippen LogP) is 2.52. The minimum atomic E-state index is -0.495. The van der Waals surface area contributed by atoms with E-state index in [4.69, 9.17) is 18.9 Å². The van der Waals surface area contributed by atoms with Crippen molar-refractivity contribution in [1.82, 2.24) is 15.0 Å². The number of unbranched alkanes of at least 4 members (excludes halogenated alkanes) is 1. The van der Waals surface area contributed by atoms with Crippen LogP contribution in [0.3, 0.4) is 0 Å². The second kappa shape index (κ2) is 8.74. The number of carbonyl (C=O) groups is 2. The highest BCUT2D eigenvalue weighted by molar-refractivity contribution is 5.93. The molecule has 0 aliphatic carbocycles. The van der Waals surface area contributed by atoms with Gasteiger partial charge in [-0.2, -0.15) is 0 Å². The van der Waals surface area contributed by atoms with E-state index in [1.807, 2.05) is 0 Å². The monoisotopic (exact) mass is 425 g/mol. The molecule has 10 nitrogen and oxygen atoms in total. The van der Waals surface area contributed by atoms with Gasteiger partial charge >= 0.3 is 11.9 Å². The summed E-state index contributed by atoms with van der Waals surface area (Å²) in [4.78, 5) is 24.5. The van der Waals surface area contributed by atoms with Gasteiger partial charge in [-0.1, -0.05) is 6.58 Å². The van der Waals surface area contributed by atoms with Crippen molar-refractivity contribution in [1.29, 1.82) is 0 Å². The Morgan fingerprint density at radius 1 is 1.06 bits per heavy atom. The Bertz CT molecular complexity index is 1160. The van der Waals surface area contributed by atoms with Crippen LogP contribution in [0.15, 0.2) is 43.0 Å². The number of ether oxygens (including phenoxy) is 4. The van der Waals surface area contributed by atoms with E-state index in [-0.39, 0.29) is 25.8 Å². The van der Waals surface area contributed by atoms with E-state index in [0.717, 1.165) is 6.08 Å². The van der Waals surface area contributed by atoms with Crippen molar-refractivity contribution < 1.29 is 33.6 Å². The molecule has 160 valence electrons. The SMILES string of the molecule is C=CC(=O)OCCCCOC(=O)c1ccc2nn(-c3cc4c(cc3O)OCO4)nc2c1. The van der Waals surface area contributed by atoms with Crippen LogP contribution in [-0.2, 0) is 14.3 Å². The van der Waals surface area contributed by atoms with E-state index in [0.29, 0.717) is 46.6 Å². The molecule has 0 fully saturated rings. The van der Waals surface area contributed by atoms with Gasteiger partial charge < -0.3 is 24.1 Å². The number of phenols is 1. The van der Waals surface area contributed by atoms with Gasteiger partial charge in [0, 0.05) is 18.2 Å². The second-order valence-corrected chi connectivity index (χ2v) is 6.60. The molecule has 31 heavy (non-hydrogen) atoms. The molecule has 2 heterocycles. The van der Waals surface area contributed by atoms with E-state index in [9.17, 15) is 14.7 Å². The van der Waals surface area contributed by atoms with Gasteiger partial charge in [-0.25, -0.2) is 9.59 Å². The average Bonchev–Trinajstić information content (AvgIpc) is 3.40. The molecule has 0 spiro atoms. The largest absolute Gasteiger partial charge is 0.505 e. The third-order valence-electron chi connectivity index (χ3n) is 4.48. The van der Waals surface area contributed by atoms with Crippen LogP contribution in [0.4, 0.5) is 0 Å². The third kappa shape index (κ3) is 4.42. The molecule has 0 saturated carbocycles. The average molecular weight is 425 g/mol. The first-order chi connectivity index (χ1) is 15.0. The summed E-state index contributed by atoms with van der Waals surface area (Å²) in [5, 5.41) is 18.9. The molecule has 10 heteroatoms. The topological polar surface area (TPSA) is 122 Å². The molecule has 0 bridgehead atoms. The lowest BCUT2D eigenvalue weighted by Crippen LogP contribution is -2.08. The van der Waals surface area contributed by atoms with E-state index in [2.05, 4.69) is 16.8 Å². The molecule has 0 radical (unpaired) electrons. The number of fused-ring (bicyclic) bond motifs is 2.